The minimum absolute atomic E-state index is 0.178. The number of esters is 1. The Labute approximate surface area is 272 Å². The Hall–Kier alpha value is -3.95. The minimum atomic E-state index is -1.20. The number of fused-ring (bicyclic) bond motifs is 3. The van der Waals surface area contributed by atoms with Gasteiger partial charge in [0.05, 0.1) is 24.4 Å². The maximum atomic E-state index is 14.2. The Morgan fingerprint density at radius 2 is 2.00 bits per heavy atom. The number of nitrogens with zero attached hydrogens (tertiary/aromatic N) is 3. The molecule has 1 saturated carbocycles. The van der Waals surface area contributed by atoms with Gasteiger partial charge in [-0.3, -0.25) is 9.59 Å². The van der Waals surface area contributed by atoms with E-state index in [1.165, 1.54) is 0 Å². The first-order valence-electron chi connectivity index (χ1n) is 16.5. The summed E-state index contributed by atoms with van der Waals surface area (Å²) in [5, 5.41) is 4.10. The van der Waals surface area contributed by atoms with Crippen LogP contribution in [0, 0.1) is 12.8 Å². The van der Waals surface area contributed by atoms with Crippen LogP contribution < -0.4 is 10.1 Å². The van der Waals surface area contributed by atoms with Crippen LogP contribution in [0.3, 0.4) is 0 Å². The lowest BCUT2D eigenvalue weighted by Crippen LogP contribution is -2.67. The van der Waals surface area contributed by atoms with Gasteiger partial charge in [0.25, 0.3) is 0 Å². The van der Waals surface area contributed by atoms with E-state index in [1.807, 2.05) is 26.8 Å². The predicted octanol–water partition coefficient (Wildman–Crippen LogP) is 5.02. The fraction of sp³-hybridized carbons (Fsp3) is 0.583. The van der Waals surface area contributed by atoms with Crippen molar-refractivity contribution in [2.24, 2.45) is 10.9 Å². The van der Waals surface area contributed by atoms with Crippen molar-refractivity contribution in [2.75, 3.05) is 19.7 Å². The molecule has 46 heavy (non-hydrogen) atoms. The van der Waals surface area contributed by atoms with Gasteiger partial charge in [0, 0.05) is 30.2 Å². The summed E-state index contributed by atoms with van der Waals surface area (Å²) < 4.78 is 18.1. The zero-order chi connectivity index (χ0) is 33.4. The average Bonchev–Trinajstić information content (AvgIpc) is 3.35. The molecule has 2 aromatic rings. The molecule has 0 radical (unpaired) electrons. The number of hydrogen-bond donors (Lipinski definition) is 1. The molecule has 4 unspecified atom stereocenters. The Bertz CT molecular complexity index is 1580. The van der Waals surface area contributed by atoms with Crippen molar-refractivity contribution in [1.82, 2.24) is 15.2 Å². The SMILES string of the molecule is C=CC1CCC1(NC(=O)C1CC2(CCc3c(c(CC)nc4ccc(C)cc34)O2)CN1C(=O)CN=C(C)OC(C)(C)C)C(=O)OCC. The van der Waals surface area contributed by atoms with E-state index in [4.69, 9.17) is 19.2 Å². The van der Waals surface area contributed by atoms with Gasteiger partial charge in [-0.25, -0.2) is 14.8 Å². The molecule has 2 fully saturated rings. The molecule has 2 aliphatic heterocycles. The third kappa shape index (κ3) is 6.35. The van der Waals surface area contributed by atoms with E-state index in [2.05, 4.69) is 42.9 Å². The van der Waals surface area contributed by atoms with Crippen molar-refractivity contribution < 1.29 is 28.6 Å². The molecule has 0 bridgehead atoms. The molecule has 10 heteroatoms. The zero-order valence-corrected chi connectivity index (χ0v) is 28.3. The lowest BCUT2D eigenvalue weighted by atomic mass is 9.66. The van der Waals surface area contributed by atoms with E-state index in [1.54, 1.807) is 24.8 Å². The highest BCUT2D eigenvalue weighted by Gasteiger charge is 2.57. The largest absolute Gasteiger partial charge is 0.483 e. The predicted molar refractivity (Wildman–Crippen MR) is 177 cm³/mol. The molecule has 1 N–H and O–H groups in total. The third-order valence-corrected chi connectivity index (χ3v) is 9.42. The molecule has 1 saturated heterocycles. The van der Waals surface area contributed by atoms with Crippen molar-refractivity contribution >= 4 is 34.6 Å². The molecule has 248 valence electrons. The van der Waals surface area contributed by atoms with Gasteiger partial charge in [-0.2, -0.15) is 0 Å². The lowest BCUT2D eigenvalue weighted by molar-refractivity contribution is -0.161. The first kappa shape index (κ1) is 33.4. The van der Waals surface area contributed by atoms with Gasteiger partial charge in [-0.05, 0) is 78.9 Å². The standard InChI is InChI=1S/C36H48N4O6/c1-9-24-14-17-36(24,33(43)44-11-3)39-32(42)29-19-35(21-40(29)30(41)20-37-23(5)45-34(6,7)8)16-15-25-26-18-22(4)12-13-28(26)38-27(10-2)31(25)46-35/h9,12-13,18,24,29H,1,10-11,14-17,19-21H2,2-8H3,(H,39,42). The summed E-state index contributed by atoms with van der Waals surface area (Å²) in [5.41, 5.74) is 1.60. The van der Waals surface area contributed by atoms with Gasteiger partial charge in [0.15, 0.2) is 5.90 Å². The zero-order valence-electron chi connectivity index (χ0n) is 28.3. The second-order valence-corrected chi connectivity index (χ2v) is 13.9. The van der Waals surface area contributed by atoms with Crippen LogP contribution in [0.2, 0.25) is 0 Å². The highest BCUT2D eigenvalue weighted by molar-refractivity contribution is 5.95. The summed E-state index contributed by atoms with van der Waals surface area (Å²) in [7, 11) is 0. The maximum Gasteiger partial charge on any atom is 0.332 e. The van der Waals surface area contributed by atoms with E-state index < -0.39 is 34.7 Å². The highest BCUT2D eigenvalue weighted by atomic mass is 16.5. The Morgan fingerprint density at radius 1 is 1.24 bits per heavy atom. The Balaban J connectivity index is 1.48. The monoisotopic (exact) mass is 632 g/mol. The number of benzene rings is 1. The number of carbonyl (C=O) groups excluding carboxylic acids is 3. The van der Waals surface area contributed by atoms with Crippen molar-refractivity contribution in [1.29, 1.82) is 0 Å². The lowest BCUT2D eigenvalue weighted by Gasteiger charge is -2.46. The normalized spacial score (nSPS) is 25.8. The summed E-state index contributed by atoms with van der Waals surface area (Å²) in [5.74, 6) is -0.317. The van der Waals surface area contributed by atoms with Gasteiger partial charge in [-0.1, -0.05) is 24.6 Å². The van der Waals surface area contributed by atoms with Gasteiger partial charge >= 0.3 is 5.97 Å². The Morgan fingerprint density at radius 3 is 2.63 bits per heavy atom. The number of likely N-dealkylation sites (tertiary alicyclic amines) is 1. The van der Waals surface area contributed by atoms with E-state index in [0.29, 0.717) is 31.6 Å². The van der Waals surface area contributed by atoms with E-state index in [9.17, 15) is 14.4 Å². The summed E-state index contributed by atoms with van der Waals surface area (Å²) in [6.45, 7) is 17.4. The van der Waals surface area contributed by atoms with Crippen LogP contribution in [0.4, 0.5) is 0 Å². The molecule has 1 spiro atoms. The summed E-state index contributed by atoms with van der Waals surface area (Å²) in [4.78, 5) is 52.1. The smallest absolute Gasteiger partial charge is 0.332 e. The number of aromatic nitrogens is 1. The second-order valence-electron chi connectivity index (χ2n) is 13.9. The van der Waals surface area contributed by atoms with Gasteiger partial charge in [0.2, 0.25) is 11.8 Å². The molecule has 4 atom stereocenters. The second kappa shape index (κ2) is 12.7. The van der Waals surface area contributed by atoms with Gasteiger partial charge < -0.3 is 24.4 Å². The number of nitrogens with one attached hydrogen (secondary N) is 1. The third-order valence-electron chi connectivity index (χ3n) is 9.42. The average molecular weight is 633 g/mol. The fourth-order valence-electron chi connectivity index (χ4n) is 7.10. The molecule has 10 nitrogen and oxygen atoms in total. The molecule has 3 aliphatic rings. The number of amides is 2. The number of rotatable bonds is 8. The van der Waals surface area contributed by atoms with Gasteiger partial charge in [-0.15, -0.1) is 6.58 Å². The first-order chi connectivity index (χ1) is 21.7. The molecular weight excluding hydrogens is 584 g/mol. The van der Waals surface area contributed by atoms with Gasteiger partial charge in [0.1, 0.15) is 35.1 Å². The number of aryl methyl sites for hydroxylation is 3. The van der Waals surface area contributed by atoms with E-state index in [0.717, 1.165) is 39.9 Å². The van der Waals surface area contributed by atoms with Crippen LogP contribution in [-0.4, -0.2) is 76.0 Å². The molecular formula is C36H48N4O6. The van der Waals surface area contributed by atoms with Crippen LogP contribution in [0.5, 0.6) is 5.75 Å². The minimum Gasteiger partial charge on any atom is -0.483 e. The molecule has 1 aromatic carbocycles. The van der Waals surface area contributed by atoms with Crippen LogP contribution in [0.1, 0.15) is 84.0 Å². The van der Waals surface area contributed by atoms with Crippen LogP contribution >= 0.6 is 0 Å². The van der Waals surface area contributed by atoms with Crippen LogP contribution in [0.15, 0.2) is 35.8 Å². The van der Waals surface area contributed by atoms with E-state index in [-0.39, 0.29) is 37.9 Å². The van der Waals surface area contributed by atoms with Crippen LogP contribution in [-0.2, 0) is 36.7 Å². The maximum absolute atomic E-state index is 14.2. The Kier molecular flexibility index (Phi) is 9.21. The van der Waals surface area contributed by atoms with Crippen molar-refractivity contribution in [2.45, 2.75) is 110 Å². The number of pyridine rings is 1. The summed E-state index contributed by atoms with van der Waals surface area (Å²) >= 11 is 0. The first-order valence-corrected chi connectivity index (χ1v) is 16.5. The summed E-state index contributed by atoms with van der Waals surface area (Å²) in [6, 6.07) is 5.39. The molecule has 3 heterocycles. The molecule has 1 aliphatic carbocycles. The number of carbonyl (C=O) groups is 3. The highest BCUT2D eigenvalue weighted by Crippen LogP contribution is 2.46. The van der Waals surface area contributed by atoms with Crippen molar-refractivity contribution in [3.63, 3.8) is 0 Å². The van der Waals surface area contributed by atoms with Crippen molar-refractivity contribution in [3.05, 3.63) is 47.7 Å². The molecule has 5 rings (SSSR count). The number of ether oxygens (including phenoxy) is 3. The number of aliphatic imine (C=N–C) groups is 1. The quantitative estimate of drug-likeness (QED) is 0.188. The van der Waals surface area contributed by atoms with Crippen LogP contribution in [0.25, 0.3) is 10.9 Å². The molecule has 2 amide bonds. The van der Waals surface area contributed by atoms with E-state index >= 15 is 0 Å². The summed E-state index contributed by atoms with van der Waals surface area (Å²) in [6.07, 6.45) is 5.15. The fourth-order valence-corrected chi connectivity index (χ4v) is 7.10. The van der Waals surface area contributed by atoms with Crippen molar-refractivity contribution in [3.8, 4) is 5.75 Å². The topological polar surface area (TPSA) is 119 Å². The molecule has 1 aromatic heterocycles. The number of hydrogen-bond acceptors (Lipinski definition) is 8.